The molecule has 0 aliphatic rings. The summed E-state index contributed by atoms with van der Waals surface area (Å²) in [6.07, 6.45) is 2.10. The molecule has 0 atom stereocenters. The van der Waals surface area contributed by atoms with Crippen LogP contribution in [0.2, 0.25) is 0 Å². The van der Waals surface area contributed by atoms with Crippen molar-refractivity contribution in [3.8, 4) is 6.07 Å². The van der Waals surface area contributed by atoms with Crippen LogP contribution in [0.25, 0.3) is 0 Å². The van der Waals surface area contributed by atoms with Gasteiger partial charge in [-0.3, -0.25) is 0 Å². The van der Waals surface area contributed by atoms with Crippen LogP contribution in [0.1, 0.15) is 47.5 Å². The number of hydrogen-bond acceptors (Lipinski definition) is 1. The van der Waals surface area contributed by atoms with Gasteiger partial charge < -0.3 is 0 Å². The van der Waals surface area contributed by atoms with Gasteiger partial charge in [0.15, 0.2) is 0 Å². The van der Waals surface area contributed by atoms with Crippen molar-refractivity contribution in [1.82, 2.24) is 0 Å². The van der Waals surface area contributed by atoms with E-state index in [-0.39, 0.29) is 5.41 Å². The van der Waals surface area contributed by atoms with Crippen LogP contribution < -0.4 is 0 Å². The molecule has 0 N–H and O–H groups in total. The number of nitrogens with zero attached hydrogens (tertiary/aromatic N) is 1. The van der Waals surface area contributed by atoms with Gasteiger partial charge in [0.25, 0.3) is 0 Å². The Morgan fingerprint density at radius 3 is 1.80 bits per heavy atom. The first kappa shape index (κ1) is 12.2. The lowest BCUT2D eigenvalue weighted by molar-refractivity contribution is 0.446. The first-order valence-electron chi connectivity index (χ1n) is 4.03. The smallest absolute Gasteiger partial charge is 0.0683 e. The van der Waals surface area contributed by atoms with E-state index in [9.17, 15) is 0 Å². The largest absolute Gasteiger partial charge is 0.198 e. The summed E-state index contributed by atoms with van der Waals surface area (Å²) in [6.45, 7) is 10.0. The van der Waals surface area contributed by atoms with Crippen LogP contribution in [0, 0.1) is 16.7 Å². The van der Waals surface area contributed by atoms with Crippen molar-refractivity contribution >= 4 is 0 Å². The van der Waals surface area contributed by atoms with Crippen molar-refractivity contribution in [3.63, 3.8) is 0 Å². The molecule has 10 heavy (non-hydrogen) atoms. The Kier molecular flexibility index (Phi) is 8.06. The fourth-order valence-electron chi connectivity index (χ4n) is 0.681. The summed E-state index contributed by atoms with van der Waals surface area (Å²) in [7, 11) is 0. The van der Waals surface area contributed by atoms with Crippen molar-refractivity contribution in [3.05, 3.63) is 0 Å². The molecule has 0 rings (SSSR count). The van der Waals surface area contributed by atoms with Crippen LogP contribution in [0.5, 0.6) is 0 Å². The topological polar surface area (TPSA) is 23.8 Å². The lowest BCUT2D eigenvalue weighted by Gasteiger charge is -2.11. The van der Waals surface area contributed by atoms with Crippen LogP contribution in [-0.2, 0) is 0 Å². The van der Waals surface area contributed by atoms with Crippen LogP contribution in [0.15, 0.2) is 0 Å². The molecule has 1 heteroatoms. The van der Waals surface area contributed by atoms with Crippen LogP contribution in [0.4, 0.5) is 0 Å². The van der Waals surface area contributed by atoms with Crippen molar-refractivity contribution in [2.75, 3.05) is 0 Å². The molecule has 0 amide bonds. The van der Waals surface area contributed by atoms with E-state index in [0.717, 1.165) is 12.8 Å². The van der Waals surface area contributed by atoms with E-state index in [1.54, 1.807) is 0 Å². The third-order valence-corrected chi connectivity index (χ3v) is 1.18. The summed E-state index contributed by atoms with van der Waals surface area (Å²) in [5, 5.41) is 8.48. The van der Waals surface area contributed by atoms with Gasteiger partial charge in [-0.1, -0.05) is 27.2 Å². The Balaban J connectivity index is 0. The zero-order valence-corrected chi connectivity index (χ0v) is 7.86. The average Bonchev–Trinajstić information content (AvgIpc) is 1.93. The van der Waals surface area contributed by atoms with Crippen molar-refractivity contribution in [2.24, 2.45) is 5.41 Å². The third kappa shape index (κ3) is 7.49. The summed E-state index contributed by atoms with van der Waals surface area (Å²) in [5.41, 5.74) is -0.102. The normalized spacial score (nSPS) is 9.20. The van der Waals surface area contributed by atoms with E-state index in [0.29, 0.717) is 0 Å². The number of nitriles is 1. The highest BCUT2D eigenvalue weighted by molar-refractivity contribution is 4.90. The highest BCUT2D eigenvalue weighted by atomic mass is 14.3. The van der Waals surface area contributed by atoms with Crippen molar-refractivity contribution < 1.29 is 0 Å². The van der Waals surface area contributed by atoms with Crippen molar-refractivity contribution in [1.29, 1.82) is 5.26 Å². The van der Waals surface area contributed by atoms with Gasteiger partial charge in [0.05, 0.1) is 11.5 Å². The Hall–Kier alpha value is -0.510. The second-order valence-electron chi connectivity index (χ2n) is 2.75. The molecule has 1 nitrogen and oxygen atoms in total. The minimum absolute atomic E-state index is 0.102. The quantitative estimate of drug-likeness (QED) is 0.578. The fourth-order valence-corrected chi connectivity index (χ4v) is 0.681. The Morgan fingerprint density at radius 2 is 1.70 bits per heavy atom. The molecule has 0 saturated carbocycles. The first-order valence-corrected chi connectivity index (χ1v) is 4.03. The predicted molar refractivity (Wildman–Crippen MR) is 45.7 cm³/mol. The molecule has 0 aliphatic carbocycles. The Labute approximate surface area is 65.1 Å². The van der Waals surface area contributed by atoms with E-state index in [1.165, 1.54) is 0 Å². The minimum atomic E-state index is -0.102. The highest BCUT2D eigenvalue weighted by Gasteiger charge is 2.13. The van der Waals surface area contributed by atoms with Gasteiger partial charge in [0, 0.05) is 0 Å². The Bertz CT molecular complexity index is 97.8. The molecule has 0 unspecified atom stereocenters. The molecule has 0 radical (unpaired) electrons. The molecule has 0 aromatic carbocycles. The molecule has 0 fully saturated rings. The first-order chi connectivity index (χ1) is 4.62. The molecular formula is C9H19N. The average molecular weight is 141 g/mol. The van der Waals surface area contributed by atoms with Gasteiger partial charge in [0.1, 0.15) is 0 Å². The van der Waals surface area contributed by atoms with E-state index < -0.39 is 0 Å². The van der Waals surface area contributed by atoms with Crippen molar-refractivity contribution in [2.45, 2.75) is 47.5 Å². The van der Waals surface area contributed by atoms with Gasteiger partial charge in [-0.2, -0.15) is 5.26 Å². The van der Waals surface area contributed by atoms with E-state index >= 15 is 0 Å². The summed E-state index contributed by atoms with van der Waals surface area (Å²) >= 11 is 0. The van der Waals surface area contributed by atoms with E-state index in [1.807, 2.05) is 27.7 Å². The monoisotopic (exact) mass is 141 g/mol. The molecule has 0 aromatic rings. The maximum atomic E-state index is 8.48. The van der Waals surface area contributed by atoms with Gasteiger partial charge in [-0.05, 0) is 20.3 Å². The SMILES string of the molecule is CC.CCCC(C)(C)C#N. The maximum absolute atomic E-state index is 8.48. The summed E-state index contributed by atoms with van der Waals surface area (Å²) in [5.74, 6) is 0. The second-order valence-corrected chi connectivity index (χ2v) is 2.75. The summed E-state index contributed by atoms with van der Waals surface area (Å²) in [4.78, 5) is 0. The Morgan fingerprint density at radius 1 is 1.30 bits per heavy atom. The standard InChI is InChI=1S/C7H13N.C2H6/c1-4-5-7(2,3)6-8;1-2/h4-5H2,1-3H3;1-2H3. The minimum Gasteiger partial charge on any atom is -0.198 e. The van der Waals surface area contributed by atoms with Crippen LogP contribution >= 0.6 is 0 Å². The summed E-state index contributed by atoms with van der Waals surface area (Å²) < 4.78 is 0. The van der Waals surface area contributed by atoms with Gasteiger partial charge in [0.2, 0.25) is 0 Å². The van der Waals surface area contributed by atoms with E-state index in [2.05, 4.69) is 13.0 Å². The predicted octanol–water partition coefficient (Wildman–Crippen LogP) is 3.36. The molecule has 0 spiro atoms. The fraction of sp³-hybridized carbons (Fsp3) is 0.889. The molecular weight excluding hydrogens is 122 g/mol. The zero-order chi connectivity index (χ0) is 8.62. The highest BCUT2D eigenvalue weighted by Crippen LogP contribution is 2.19. The molecule has 0 saturated heterocycles. The van der Waals surface area contributed by atoms with Crippen LogP contribution in [0.3, 0.4) is 0 Å². The molecule has 0 bridgehead atoms. The van der Waals surface area contributed by atoms with Gasteiger partial charge >= 0.3 is 0 Å². The molecule has 0 aliphatic heterocycles. The zero-order valence-electron chi connectivity index (χ0n) is 7.86. The number of rotatable bonds is 2. The maximum Gasteiger partial charge on any atom is 0.0683 e. The van der Waals surface area contributed by atoms with Gasteiger partial charge in [-0.25, -0.2) is 0 Å². The lowest BCUT2D eigenvalue weighted by atomic mass is 9.90. The van der Waals surface area contributed by atoms with E-state index in [4.69, 9.17) is 5.26 Å². The molecule has 60 valence electrons. The molecule has 0 heterocycles. The van der Waals surface area contributed by atoms with Crippen LogP contribution in [-0.4, -0.2) is 0 Å². The second kappa shape index (κ2) is 6.61. The third-order valence-electron chi connectivity index (χ3n) is 1.18. The molecule has 0 aromatic heterocycles. The van der Waals surface area contributed by atoms with Gasteiger partial charge in [-0.15, -0.1) is 0 Å². The lowest BCUT2D eigenvalue weighted by Crippen LogP contribution is -2.05. The number of hydrogen-bond donors (Lipinski definition) is 0. The summed E-state index contributed by atoms with van der Waals surface area (Å²) in [6, 6.07) is 2.24.